The second-order valence-electron chi connectivity index (χ2n) is 6.42. The standard InChI is InChI=1S/C19H30N2O4S/c1-7-10-11-13(8-2)16(22)20-17-14(19(24)25-9-3)12(4)15(26-17)18(23)21(5)6/h13H,7-11H2,1-6H3,(H,20,22). The second kappa shape index (κ2) is 10.3. The van der Waals surface area contributed by atoms with Crippen LogP contribution in [0.15, 0.2) is 0 Å². The minimum absolute atomic E-state index is 0.111. The lowest BCUT2D eigenvalue weighted by atomic mass is 9.98. The molecule has 6 nitrogen and oxygen atoms in total. The van der Waals surface area contributed by atoms with E-state index in [0.717, 1.165) is 37.0 Å². The highest BCUT2D eigenvalue weighted by molar-refractivity contribution is 7.18. The monoisotopic (exact) mass is 382 g/mol. The number of carbonyl (C=O) groups is 3. The molecule has 1 rings (SSSR count). The van der Waals surface area contributed by atoms with E-state index in [1.807, 2.05) is 6.92 Å². The van der Waals surface area contributed by atoms with Crippen LogP contribution in [0.2, 0.25) is 0 Å². The van der Waals surface area contributed by atoms with Gasteiger partial charge >= 0.3 is 5.97 Å². The van der Waals surface area contributed by atoms with Crippen LogP contribution < -0.4 is 5.32 Å². The normalized spacial score (nSPS) is 11.8. The molecule has 2 amide bonds. The molecule has 0 spiro atoms. The molecule has 1 N–H and O–H groups in total. The number of rotatable bonds is 9. The zero-order valence-electron chi connectivity index (χ0n) is 16.6. The van der Waals surface area contributed by atoms with Crippen LogP contribution in [0.25, 0.3) is 0 Å². The Labute approximate surface area is 159 Å². The van der Waals surface area contributed by atoms with E-state index in [4.69, 9.17) is 4.74 Å². The summed E-state index contributed by atoms with van der Waals surface area (Å²) in [7, 11) is 3.31. The molecule has 0 bridgehead atoms. The number of esters is 1. The molecule has 0 aliphatic rings. The number of nitrogens with zero attached hydrogens (tertiary/aromatic N) is 1. The van der Waals surface area contributed by atoms with Gasteiger partial charge in [0.05, 0.1) is 17.0 Å². The molecule has 1 aromatic rings. The van der Waals surface area contributed by atoms with Gasteiger partial charge in [0.2, 0.25) is 5.91 Å². The van der Waals surface area contributed by atoms with Gasteiger partial charge in [0.1, 0.15) is 5.00 Å². The smallest absolute Gasteiger partial charge is 0.341 e. The molecule has 0 radical (unpaired) electrons. The molecule has 1 heterocycles. The Morgan fingerprint density at radius 3 is 2.35 bits per heavy atom. The Bertz CT molecular complexity index is 652. The van der Waals surface area contributed by atoms with Crippen LogP contribution in [-0.4, -0.2) is 43.4 Å². The van der Waals surface area contributed by atoms with Crippen LogP contribution >= 0.6 is 11.3 Å². The summed E-state index contributed by atoms with van der Waals surface area (Å²) >= 11 is 1.13. The molecule has 1 atom stereocenters. The van der Waals surface area contributed by atoms with Gasteiger partial charge in [-0.25, -0.2) is 4.79 Å². The number of thiophene rings is 1. The molecular formula is C19H30N2O4S. The first kappa shape index (κ1) is 22.2. The van der Waals surface area contributed by atoms with Gasteiger partial charge in [0, 0.05) is 20.0 Å². The third-order valence-electron chi connectivity index (χ3n) is 4.23. The summed E-state index contributed by atoms with van der Waals surface area (Å²) in [5.41, 5.74) is 0.824. The summed E-state index contributed by atoms with van der Waals surface area (Å²) < 4.78 is 5.13. The highest BCUT2D eigenvalue weighted by Gasteiger charge is 2.28. The molecule has 0 aromatic carbocycles. The van der Waals surface area contributed by atoms with Gasteiger partial charge < -0.3 is 15.0 Å². The fourth-order valence-corrected chi connectivity index (χ4v) is 3.86. The summed E-state index contributed by atoms with van der Waals surface area (Å²) in [6.07, 6.45) is 3.54. The van der Waals surface area contributed by atoms with Gasteiger partial charge in [0.25, 0.3) is 5.91 Å². The minimum atomic E-state index is -0.518. The van der Waals surface area contributed by atoms with E-state index in [0.29, 0.717) is 15.4 Å². The van der Waals surface area contributed by atoms with Crippen molar-refractivity contribution >= 4 is 34.1 Å². The minimum Gasteiger partial charge on any atom is -0.462 e. The van der Waals surface area contributed by atoms with Crippen LogP contribution in [0.4, 0.5) is 5.00 Å². The first-order chi connectivity index (χ1) is 12.3. The summed E-state index contributed by atoms with van der Waals surface area (Å²) in [6, 6.07) is 0. The largest absolute Gasteiger partial charge is 0.462 e. The van der Waals surface area contributed by atoms with Crippen molar-refractivity contribution in [1.82, 2.24) is 4.90 Å². The number of nitrogens with one attached hydrogen (secondary N) is 1. The van der Waals surface area contributed by atoms with E-state index in [-0.39, 0.29) is 29.9 Å². The van der Waals surface area contributed by atoms with Crippen molar-refractivity contribution in [2.75, 3.05) is 26.0 Å². The lowest BCUT2D eigenvalue weighted by Gasteiger charge is -2.14. The van der Waals surface area contributed by atoms with E-state index in [1.54, 1.807) is 27.9 Å². The first-order valence-electron chi connectivity index (χ1n) is 9.11. The maximum absolute atomic E-state index is 12.7. The van der Waals surface area contributed by atoms with Crippen LogP contribution in [0.5, 0.6) is 0 Å². The molecule has 26 heavy (non-hydrogen) atoms. The summed E-state index contributed by atoms with van der Waals surface area (Å²) in [4.78, 5) is 39.3. The maximum Gasteiger partial charge on any atom is 0.341 e. The molecule has 1 aromatic heterocycles. The van der Waals surface area contributed by atoms with Gasteiger partial charge in [0.15, 0.2) is 0 Å². The maximum atomic E-state index is 12.7. The van der Waals surface area contributed by atoms with Crippen molar-refractivity contribution in [1.29, 1.82) is 0 Å². The Morgan fingerprint density at radius 2 is 1.85 bits per heavy atom. The van der Waals surface area contributed by atoms with E-state index >= 15 is 0 Å². The summed E-state index contributed by atoms with van der Waals surface area (Å²) in [5.74, 6) is -0.940. The second-order valence-corrected chi connectivity index (χ2v) is 7.44. The van der Waals surface area contributed by atoms with E-state index in [1.165, 1.54) is 4.90 Å². The molecule has 0 aliphatic carbocycles. The van der Waals surface area contributed by atoms with Crippen molar-refractivity contribution in [2.24, 2.45) is 5.92 Å². The summed E-state index contributed by atoms with van der Waals surface area (Å²) in [5, 5.41) is 3.27. The average molecular weight is 383 g/mol. The summed E-state index contributed by atoms with van der Waals surface area (Å²) in [6.45, 7) is 7.73. The fraction of sp³-hybridized carbons (Fsp3) is 0.632. The van der Waals surface area contributed by atoms with E-state index in [2.05, 4.69) is 12.2 Å². The Hall–Kier alpha value is -1.89. The number of amides is 2. The van der Waals surface area contributed by atoms with Crippen LogP contribution in [0, 0.1) is 12.8 Å². The Morgan fingerprint density at radius 1 is 1.19 bits per heavy atom. The molecule has 7 heteroatoms. The van der Waals surface area contributed by atoms with Gasteiger partial charge in [-0.1, -0.05) is 26.7 Å². The van der Waals surface area contributed by atoms with Gasteiger partial charge in [-0.15, -0.1) is 11.3 Å². The van der Waals surface area contributed by atoms with Crippen molar-refractivity contribution in [3.05, 3.63) is 16.0 Å². The third-order valence-corrected chi connectivity index (χ3v) is 5.43. The SMILES string of the molecule is CCCCC(CC)C(=O)Nc1sc(C(=O)N(C)C)c(C)c1C(=O)OCC. The lowest BCUT2D eigenvalue weighted by Crippen LogP contribution is -2.23. The predicted molar refractivity (Wildman–Crippen MR) is 105 cm³/mol. The van der Waals surface area contributed by atoms with Crippen molar-refractivity contribution in [3.8, 4) is 0 Å². The predicted octanol–water partition coefficient (Wildman–Crippen LogP) is 4.09. The number of hydrogen-bond donors (Lipinski definition) is 1. The number of anilines is 1. The highest BCUT2D eigenvalue weighted by atomic mass is 32.1. The first-order valence-corrected chi connectivity index (χ1v) is 9.92. The lowest BCUT2D eigenvalue weighted by molar-refractivity contribution is -0.120. The van der Waals surface area contributed by atoms with Gasteiger partial charge in [-0.3, -0.25) is 9.59 Å². The quantitative estimate of drug-likeness (QED) is 0.653. The van der Waals surface area contributed by atoms with E-state index in [9.17, 15) is 14.4 Å². The zero-order chi connectivity index (χ0) is 19.9. The zero-order valence-corrected chi connectivity index (χ0v) is 17.4. The van der Waals surface area contributed by atoms with E-state index < -0.39 is 5.97 Å². The average Bonchev–Trinajstić information content (AvgIpc) is 2.91. The van der Waals surface area contributed by atoms with Crippen molar-refractivity contribution in [3.63, 3.8) is 0 Å². The molecule has 1 unspecified atom stereocenters. The van der Waals surface area contributed by atoms with Crippen molar-refractivity contribution in [2.45, 2.75) is 53.4 Å². The molecular weight excluding hydrogens is 352 g/mol. The molecule has 0 fully saturated rings. The number of unbranched alkanes of at least 4 members (excludes halogenated alkanes) is 1. The van der Waals surface area contributed by atoms with Crippen LogP contribution in [-0.2, 0) is 9.53 Å². The third kappa shape index (κ3) is 5.30. The number of ether oxygens (including phenoxy) is 1. The van der Waals surface area contributed by atoms with Gasteiger partial charge in [-0.2, -0.15) is 0 Å². The molecule has 0 aliphatic heterocycles. The van der Waals surface area contributed by atoms with Crippen LogP contribution in [0.1, 0.15) is 72.0 Å². The molecule has 146 valence electrons. The fourth-order valence-electron chi connectivity index (χ4n) is 2.64. The molecule has 0 saturated carbocycles. The number of carbonyl (C=O) groups excluding carboxylic acids is 3. The Balaban J connectivity index is 3.22. The van der Waals surface area contributed by atoms with Crippen molar-refractivity contribution < 1.29 is 19.1 Å². The molecule has 0 saturated heterocycles. The van der Waals surface area contributed by atoms with Crippen LogP contribution in [0.3, 0.4) is 0 Å². The highest BCUT2D eigenvalue weighted by Crippen LogP contribution is 2.35. The number of hydrogen-bond acceptors (Lipinski definition) is 5. The topological polar surface area (TPSA) is 75.7 Å². The Kier molecular flexibility index (Phi) is 8.78. The van der Waals surface area contributed by atoms with Gasteiger partial charge in [-0.05, 0) is 32.3 Å².